The maximum Gasteiger partial charge on any atom is 0.318 e. The molecule has 0 spiro atoms. The fourth-order valence-electron chi connectivity index (χ4n) is 3.33. The van der Waals surface area contributed by atoms with Gasteiger partial charge < -0.3 is 15.1 Å². The average Bonchev–Trinajstić information content (AvgIpc) is 3.23. The summed E-state index contributed by atoms with van der Waals surface area (Å²) in [5.41, 5.74) is 1.21. The van der Waals surface area contributed by atoms with E-state index in [2.05, 4.69) is 16.8 Å². The molecule has 0 aliphatic carbocycles. The van der Waals surface area contributed by atoms with E-state index in [1.807, 2.05) is 15.2 Å². The molecular weight excluding hydrogens is 298 g/mol. The zero-order chi connectivity index (χ0) is 15.4. The molecule has 1 aromatic rings. The molecule has 2 fully saturated rings. The standard InChI is InChI=1S/C16H23N3O2S/c20-15(18-7-2-1-3-8-18)11-17-16(21)19-9-4-5-14(19)13-6-10-22-12-13/h6,10,12,14H,1-5,7-9,11H2,(H,17,21). The van der Waals surface area contributed by atoms with Crippen LogP contribution in [0.3, 0.4) is 0 Å². The first-order chi connectivity index (χ1) is 10.8. The smallest absolute Gasteiger partial charge is 0.318 e. The molecule has 1 N–H and O–H groups in total. The molecule has 3 rings (SSSR count). The maximum atomic E-state index is 12.4. The third kappa shape index (κ3) is 3.43. The highest BCUT2D eigenvalue weighted by atomic mass is 32.1. The zero-order valence-electron chi connectivity index (χ0n) is 12.8. The van der Waals surface area contributed by atoms with Gasteiger partial charge in [-0.25, -0.2) is 4.79 Å². The molecule has 6 heteroatoms. The topological polar surface area (TPSA) is 52.7 Å². The van der Waals surface area contributed by atoms with Crippen LogP contribution in [0.2, 0.25) is 0 Å². The number of carbonyl (C=O) groups excluding carboxylic acids is 2. The first-order valence-electron chi connectivity index (χ1n) is 8.10. The zero-order valence-corrected chi connectivity index (χ0v) is 13.6. The molecule has 1 atom stereocenters. The van der Waals surface area contributed by atoms with E-state index in [9.17, 15) is 9.59 Å². The SMILES string of the molecule is O=C(CNC(=O)N1CCCC1c1ccsc1)N1CCCCC1. The summed E-state index contributed by atoms with van der Waals surface area (Å²) in [6.45, 7) is 2.54. The van der Waals surface area contributed by atoms with Gasteiger partial charge in [0.05, 0.1) is 12.6 Å². The number of carbonyl (C=O) groups is 2. The van der Waals surface area contributed by atoms with Crippen LogP contribution in [-0.4, -0.2) is 47.9 Å². The van der Waals surface area contributed by atoms with Crippen molar-refractivity contribution >= 4 is 23.3 Å². The van der Waals surface area contributed by atoms with Gasteiger partial charge >= 0.3 is 6.03 Å². The first-order valence-corrected chi connectivity index (χ1v) is 9.04. The largest absolute Gasteiger partial charge is 0.341 e. The number of nitrogens with zero attached hydrogens (tertiary/aromatic N) is 2. The Balaban J connectivity index is 1.52. The number of hydrogen-bond acceptors (Lipinski definition) is 3. The van der Waals surface area contributed by atoms with Gasteiger partial charge in [-0.3, -0.25) is 4.79 Å². The van der Waals surface area contributed by atoms with Gasteiger partial charge in [-0.2, -0.15) is 11.3 Å². The van der Waals surface area contributed by atoms with Gasteiger partial charge in [-0.15, -0.1) is 0 Å². The minimum atomic E-state index is -0.112. The van der Waals surface area contributed by atoms with Crippen molar-refractivity contribution in [1.29, 1.82) is 0 Å². The Hall–Kier alpha value is -1.56. The number of rotatable bonds is 3. The van der Waals surface area contributed by atoms with Crippen LogP contribution >= 0.6 is 11.3 Å². The summed E-state index contributed by atoms with van der Waals surface area (Å²) in [5, 5.41) is 6.96. The molecule has 3 amide bonds. The summed E-state index contributed by atoms with van der Waals surface area (Å²) in [4.78, 5) is 28.2. The lowest BCUT2D eigenvalue weighted by Gasteiger charge is -2.28. The molecule has 22 heavy (non-hydrogen) atoms. The molecule has 1 aromatic heterocycles. The molecule has 2 aliphatic heterocycles. The van der Waals surface area contributed by atoms with Crippen LogP contribution in [0.1, 0.15) is 43.7 Å². The quantitative estimate of drug-likeness (QED) is 0.930. The van der Waals surface area contributed by atoms with Gasteiger partial charge in [0, 0.05) is 19.6 Å². The Morgan fingerprint density at radius 3 is 2.73 bits per heavy atom. The number of urea groups is 1. The predicted octanol–water partition coefficient (Wildman–Crippen LogP) is 2.61. The molecule has 120 valence electrons. The van der Waals surface area contributed by atoms with Crippen LogP contribution in [0.5, 0.6) is 0 Å². The van der Waals surface area contributed by atoms with Gasteiger partial charge in [-0.05, 0) is 54.5 Å². The second-order valence-corrected chi connectivity index (χ2v) is 6.79. The molecule has 1 unspecified atom stereocenters. The van der Waals surface area contributed by atoms with Crippen LogP contribution in [0.15, 0.2) is 16.8 Å². The summed E-state index contributed by atoms with van der Waals surface area (Å²) in [6, 6.07) is 2.13. The molecule has 2 aliphatic rings. The number of hydrogen-bond donors (Lipinski definition) is 1. The van der Waals surface area contributed by atoms with Crippen molar-refractivity contribution in [3.8, 4) is 0 Å². The average molecular weight is 321 g/mol. The molecule has 0 aromatic carbocycles. The van der Waals surface area contributed by atoms with E-state index in [-0.39, 0.29) is 24.5 Å². The summed E-state index contributed by atoms with van der Waals surface area (Å²) < 4.78 is 0. The third-order valence-electron chi connectivity index (χ3n) is 4.54. The summed E-state index contributed by atoms with van der Waals surface area (Å²) in [6.07, 6.45) is 5.38. The second kappa shape index (κ2) is 7.13. The van der Waals surface area contributed by atoms with E-state index in [1.165, 1.54) is 12.0 Å². The normalized spacial score (nSPS) is 21.9. The lowest BCUT2D eigenvalue weighted by Crippen LogP contribution is -2.46. The van der Waals surface area contributed by atoms with Crippen molar-refractivity contribution in [3.05, 3.63) is 22.4 Å². The number of piperidine rings is 1. The lowest BCUT2D eigenvalue weighted by atomic mass is 10.1. The molecule has 3 heterocycles. The minimum Gasteiger partial charge on any atom is -0.341 e. The van der Waals surface area contributed by atoms with Crippen molar-refractivity contribution in [2.24, 2.45) is 0 Å². The minimum absolute atomic E-state index is 0.0410. The van der Waals surface area contributed by atoms with Crippen molar-refractivity contribution < 1.29 is 9.59 Å². The Kier molecular flexibility index (Phi) is 4.97. The van der Waals surface area contributed by atoms with Crippen molar-refractivity contribution in [2.45, 2.75) is 38.1 Å². The Morgan fingerprint density at radius 1 is 1.18 bits per heavy atom. The number of thiophene rings is 1. The van der Waals surface area contributed by atoms with Gasteiger partial charge in [0.15, 0.2) is 0 Å². The lowest BCUT2D eigenvalue weighted by molar-refractivity contribution is -0.130. The van der Waals surface area contributed by atoms with Crippen LogP contribution in [0, 0.1) is 0 Å². The van der Waals surface area contributed by atoms with Crippen molar-refractivity contribution in [2.75, 3.05) is 26.2 Å². The Bertz CT molecular complexity index is 511. The van der Waals surface area contributed by atoms with Crippen LogP contribution in [-0.2, 0) is 4.79 Å². The van der Waals surface area contributed by atoms with Gasteiger partial charge in [-0.1, -0.05) is 0 Å². The van der Waals surface area contributed by atoms with Crippen LogP contribution < -0.4 is 5.32 Å². The van der Waals surface area contributed by atoms with Crippen LogP contribution in [0.25, 0.3) is 0 Å². The highest BCUT2D eigenvalue weighted by Gasteiger charge is 2.30. The van der Waals surface area contributed by atoms with E-state index in [0.717, 1.165) is 45.3 Å². The van der Waals surface area contributed by atoms with Crippen LogP contribution in [0.4, 0.5) is 4.79 Å². The Morgan fingerprint density at radius 2 is 2.00 bits per heavy atom. The molecule has 0 saturated carbocycles. The number of nitrogens with one attached hydrogen (secondary N) is 1. The second-order valence-electron chi connectivity index (χ2n) is 6.01. The number of likely N-dealkylation sites (tertiary alicyclic amines) is 2. The fourth-order valence-corrected chi connectivity index (χ4v) is 4.04. The fraction of sp³-hybridized carbons (Fsp3) is 0.625. The summed E-state index contributed by atoms with van der Waals surface area (Å²) in [5.74, 6) is 0.0410. The molecule has 0 radical (unpaired) electrons. The Labute approximate surface area is 135 Å². The summed E-state index contributed by atoms with van der Waals surface area (Å²) in [7, 11) is 0. The van der Waals surface area contributed by atoms with E-state index >= 15 is 0 Å². The van der Waals surface area contributed by atoms with E-state index in [4.69, 9.17) is 0 Å². The van der Waals surface area contributed by atoms with Gasteiger partial charge in [0.1, 0.15) is 0 Å². The van der Waals surface area contributed by atoms with Gasteiger partial charge in [0.2, 0.25) is 5.91 Å². The van der Waals surface area contributed by atoms with Crippen molar-refractivity contribution in [1.82, 2.24) is 15.1 Å². The monoisotopic (exact) mass is 321 g/mol. The molecule has 0 bridgehead atoms. The van der Waals surface area contributed by atoms with Gasteiger partial charge in [0.25, 0.3) is 0 Å². The maximum absolute atomic E-state index is 12.4. The van der Waals surface area contributed by atoms with E-state index in [0.29, 0.717) is 0 Å². The first kappa shape index (κ1) is 15.3. The highest BCUT2D eigenvalue weighted by Crippen LogP contribution is 2.32. The predicted molar refractivity (Wildman–Crippen MR) is 86.8 cm³/mol. The van der Waals surface area contributed by atoms with E-state index < -0.39 is 0 Å². The number of amides is 3. The van der Waals surface area contributed by atoms with E-state index in [1.54, 1.807) is 11.3 Å². The highest BCUT2D eigenvalue weighted by molar-refractivity contribution is 7.07. The molecular formula is C16H23N3O2S. The third-order valence-corrected chi connectivity index (χ3v) is 5.24. The molecule has 5 nitrogen and oxygen atoms in total. The molecule has 2 saturated heterocycles. The summed E-state index contributed by atoms with van der Waals surface area (Å²) >= 11 is 1.66. The van der Waals surface area contributed by atoms with Crippen molar-refractivity contribution in [3.63, 3.8) is 0 Å².